The average molecular weight is 294 g/mol. The summed E-state index contributed by atoms with van der Waals surface area (Å²) < 4.78 is 5.49. The maximum absolute atomic E-state index is 10.9. The van der Waals surface area contributed by atoms with Crippen molar-refractivity contribution in [2.45, 2.75) is 13.2 Å². The quantitative estimate of drug-likeness (QED) is 0.678. The molecule has 0 radical (unpaired) electrons. The number of aliphatic hydroxyl groups excluding tert-OH is 1. The minimum atomic E-state index is -0.487. The van der Waals surface area contributed by atoms with Crippen LogP contribution in [0.5, 0.6) is 5.75 Å². The normalized spacial score (nSPS) is 10.3. The van der Waals surface area contributed by atoms with Crippen LogP contribution in [0.25, 0.3) is 0 Å². The molecule has 0 unspecified atom stereocenters. The molecular formula is C14H12ClNO4. The van der Waals surface area contributed by atoms with Crippen LogP contribution in [0, 0.1) is 10.1 Å². The van der Waals surface area contributed by atoms with Gasteiger partial charge in [0.05, 0.1) is 17.1 Å². The SMILES string of the molecule is O=[N+]([O-])c1cc(Cl)ccc1COc1ccc(CO)cc1. The van der Waals surface area contributed by atoms with Crippen LogP contribution >= 0.6 is 11.6 Å². The molecule has 6 heteroatoms. The summed E-state index contributed by atoms with van der Waals surface area (Å²) in [6.45, 7) is 0.0366. The predicted octanol–water partition coefficient (Wildman–Crippen LogP) is 3.32. The van der Waals surface area contributed by atoms with Crippen molar-refractivity contribution in [3.05, 3.63) is 68.7 Å². The van der Waals surface area contributed by atoms with E-state index in [1.165, 1.54) is 6.07 Å². The zero-order valence-electron chi connectivity index (χ0n) is 10.5. The van der Waals surface area contributed by atoms with E-state index in [0.717, 1.165) is 5.56 Å². The second kappa shape index (κ2) is 6.36. The van der Waals surface area contributed by atoms with Gasteiger partial charge in [-0.2, -0.15) is 0 Å². The summed E-state index contributed by atoms with van der Waals surface area (Å²) in [7, 11) is 0. The van der Waals surface area contributed by atoms with Crippen molar-refractivity contribution in [3.8, 4) is 5.75 Å². The lowest BCUT2D eigenvalue weighted by atomic mass is 10.2. The number of nitrogens with zero attached hydrogens (tertiary/aromatic N) is 1. The fourth-order valence-electron chi connectivity index (χ4n) is 1.68. The summed E-state index contributed by atoms with van der Waals surface area (Å²) in [6, 6.07) is 11.3. The van der Waals surface area contributed by atoms with Gasteiger partial charge < -0.3 is 9.84 Å². The number of ether oxygens (including phenoxy) is 1. The van der Waals surface area contributed by atoms with Gasteiger partial charge in [0.2, 0.25) is 0 Å². The molecule has 0 bridgehead atoms. The summed E-state index contributed by atoms with van der Waals surface area (Å²) >= 11 is 5.74. The van der Waals surface area contributed by atoms with Crippen LogP contribution in [0.2, 0.25) is 5.02 Å². The number of rotatable bonds is 5. The van der Waals surface area contributed by atoms with E-state index < -0.39 is 4.92 Å². The van der Waals surface area contributed by atoms with Crippen molar-refractivity contribution in [1.29, 1.82) is 0 Å². The van der Waals surface area contributed by atoms with Crippen LogP contribution in [0.1, 0.15) is 11.1 Å². The molecule has 104 valence electrons. The van der Waals surface area contributed by atoms with E-state index >= 15 is 0 Å². The van der Waals surface area contributed by atoms with Crippen molar-refractivity contribution in [2.24, 2.45) is 0 Å². The highest BCUT2D eigenvalue weighted by Crippen LogP contribution is 2.24. The fourth-order valence-corrected chi connectivity index (χ4v) is 1.85. The Morgan fingerprint density at radius 2 is 1.90 bits per heavy atom. The summed E-state index contributed by atoms with van der Waals surface area (Å²) in [5.41, 5.74) is 1.16. The number of hydrogen-bond acceptors (Lipinski definition) is 4. The highest BCUT2D eigenvalue weighted by molar-refractivity contribution is 6.30. The van der Waals surface area contributed by atoms with Gasteiger partial charge in [-0.15, -0.1) is 0 Å². The first-order valence-electron chi connectivity index (χ1n) is 5.85. The topological polar surface area (TPSA) is 72.6 Å². The second-order valence-corrected chi connectivity index (χ2v) is 4.56. The first-order valence-corrected chi connectivity index (χ1v) is 6.23. The Kier molecular flexibility index (Phi) is 4.55. The highest BCUT2D eigenvalue weighted by Gasteiger charge is 2.14. The molecule has 2 aromatic rings. The number of benzene rings is 2. The van der Waals surface area contributed by atoms with Gasteiger partial charge in [-0.25, -0.2) is 0 Å². The Labute approximate surface area is 120 Å². The summed E-state index contributed by atoms with van der Waals surface area (Å²) in [5.74, 6) is 0.575. The number of aliphatic hydroxyl groups is 1. The van der Waals surface area contributed by atoms with Gasteiger partial charge in [0.15, 0.2) is 0 Å². The van der Waals surface area contributed by atoms with E-state index in [1.807, 2.05) is 0 Å². The van der Waals surface area contributed by atoms with Crippen LogP contribution in [-0.2, 0) is 13.2 Å². The van der Waals surface area contributed by atoms with Crippen molar-refractivity contribution < 1.29 is 14.8 Å². The molecule has 0 atom stereocenters. The summed E-state index contributed by atoms with van der Waals surface area (Å²) in [4.78, 5) is 10.4. The Balaban J connectivity index is 2.12. The van der Waals surface area contributed by atoms with E-state index in [4.69, 9.17) is 21.4 Å². The molecule has 1 N–H and O–H groups in total. The zero-order chi connectivity index (χ0) is 14.5. The smallest absolute Gasteiger partial charge is 0.277 e. The first-order chi connectivity index (χ1) is 9.60. The third kappa shape index (κ3) is 3.46. The third-order valence-corrected chi connectivity index (χ3v) is 2.98. The first kappa shape index (κ1) is 14.3. The number of nitro groups is 1. The molecule has 0 aliphatic heterocycles. The van der Waals surface area contributed by atoms with Crippen LogP contribution in [-0.4, -0.2) is 10.0 Å². The zero-order valence-corrected chi connectivity index (χ0v) is 11.2. The molecule has 0 fully saturated rings. The Morgan fingerprint density at radius 1 is 1.20 bits per heavy atom. The molecular weight excluding hydrogens is 282 g/mol. The lowest BCUT2D eigenvalue weighted by molar-refractivity contribution is -0.385. The largest absolute Gasteiger partial charge is 0.489 e. The Morgan fingerprint density at radius 3 is 2.50 bits per heavy atom. The van der Waals surface area contributed by atoms with E-state index in [-0.39, 0.29) is 18.9 Å². The maximum Gasteiger partial charge on any atom is 0.277 e. The van der Waals surface area contributed by atoms with Gasteiger partial charge in [0, 0.05) is 11.1 Å². The fraction of sp³-hybridized carbons (Fsp3) is 0.143. The molecule has 20 heavy (non-hydrogen) atoms. The van der Waals surface area contributed by atoms with E-state index in [0.29, 0.717) is 16.3 Å². The predicted molar refractivity (Wildman–Crippen MR) is 74.8 cm³/mol. The van der Waals surface area contributed by atoms with Crippen LogP contribution < -0.4 is 4.74 Å². The van der Waals surface area contributed by atoms with Gasteiger partial charge in [0.1, 0.15) is 12.4 Å². The molecule has 2 rings (SSSR count). The Hall–Kier alpha value is -2.11. The summed E-state index contributed by atoms with van der Waals surface area (Å²) in [5, 5.41) is 20.2. The van der Waals surface area contributed by atoms with Gasteiger partial charge in [0.25, 0.3) is 5.69 Å². The molecule has 5 nitrogen and oxygen atoms in total. The van der Waals surface area contributed by atoms with Gasteiger partial charge in [-0.05, 0) is 29.8 Å². The molecule has 0 saturated carbocycles. The number of halogens is 1. The molecule has 0 heterocycles. The molecule has 0 saturated heterocycles. The van der Waals surface area contributed by atoms with Crippen molar-refractivity contribution in [1.82, 2.24) is 0 Å². The van der Waals surface area contributed by atoms with Gasteiger partial charge in [-0.3, -0.25) is 10.1 Å². The lowest BCUT2D eigenvalue weighted by Gasteiger charge is -2.07. The van der Waals surface area contributed by atoms with Crippen LogP contribution in [0.15, 0.2) is 42.5 Å². The number of nitro benzene ring substituents is 1. The molecule has 0 aromatic heterocycles. The minimum absolute atomic E-state index is 0.0388. The molecule has 0 aliphatic rings. The Bertz CT molecular complexity index is 613. The molecule has 0 aliphatic carbocycles. The standard InChI is InChI=1S/C14H12ClNO4/c15-12-4-3-11(14(7-12)16(18)19)9-20-13-5-1-10(8-17)2-6-13/h1-7,17H,8-9H2. The molecule has 0 spiro atoms. The molecule has 0 amide bonds. The van der Waals surface area contributed by atoms with E-state index in [2.05, 4.69) is 0 Å². The summed E-state index contributed by atoms with van der Waals surface area (Å²) in [6.07, 6.45) is 0. The van der Waals surface area contributed by atoms with Crippen molar-refractivity contribution in [3.63, 3.8) is 0 Å². The maximum atomic E-state index is 10.9. The van der Waals surface area contributed by atoms with Crippen LogP contribution in [0.4, 0.5) is 5.69 Å². The molecule has 2 aromatic carbocycles. The van der Waals surface area contributed by atoms with Crippen LogP contribution in [0.3, 0.4) is 0 Å². The monoisotopic (exact) mass is 293 g/mol. The number of hydrogen-bond donors (Lipinski definition) is 1. The van der Waals surface area contributed by atoms with E-state index in [9.17, 15) is 10.1 Å². The van der Waals surface area contributed by atoms with Crippen molar-refractivity contribution >= 4 is 17.3 Å². The average Bonchev–Trinajstić information content (AvgIpc) is 2.46. The minimum Gasteiger partial charge on any atom is -0.489 e. The second-order valence-electron chi connectivity index (χ2n) is 4.12. The van der Waals surface area contributed by atoms with Gasteiger partial charge >= 0.3 is 0 Å². The third-order valence-electron chi connectivity index (χ3n) is 2.74. The van der Waals surface area contributed by atoms with E-state index in [1.54, 1.807) is 36.4 Å². The van der Waals surface area contributed by atoms with Gasteiger partial charge in [-0.1, -0.05) is 23.7 Å². The highest BCUT2D eigenvalue weighted by atomic mass is 35.5. The lowest BCUT2D eigenvalue weighted by Crippen LogP contribution is -2.00. The van der Waals surface area contributed by atoms with Crippen molar-refractivity contribution in [2.75, 3.05) is 0 Å².